The van der Waals surface area contributed by atoms with Crippen LogP contribution in [0, 0.1) is 6.92 Å². The van der Waals surface area contributed by atoms with Gasteiger partial charge in [-0.15, -0.1) is 0 Å². The Balaban J connectivity index is 2.47. The van der Waals surface area contributed by atoms with Gasteiger partial charge in [-0.2, -0.15) is 0 Å². The molecule has 0 spiro atoms. The average Bonchev–Trinajstić information content (AvgIpc) is 2.38. The number of aryl methyl sites for hydroxylation is 1. The van der Waals surface area contributed by atoms with E-state index in [2.05, 4.69) is 36.6 Å². The molecule has 0 unspecified atom stereocenters. The molecule has 0 bridgehead atoms. The van der Waals surface area contributed by atoms with Crippen molar-refractivity contribution in [1.82, 2.24) is 0 Å². The van der Waals surface area contributed by atoms with Crippen LogP contribution in [0.4, 0.5) is 11.4 Å². The van der Waals surface area contributed by atoms with Crippen LogP contribution in [-0.4, -0.2) is 8.42 Å². The molecule has 0 aliphatic heterocycles. The van der Waals surface area contributed by atoms with Crippen LogP contribution >= 0.6 is 43.5 Å². The second-order valence-corrected chi connectivity index (χ2v) is 8.20. The van der Waals surface area contributed by atoms with Gasteiger partial charge in [0.2, 0.25) is 0 Å². The van der Waals surface area contributed by atoms with Gasteiger partial charge in [-0.05, 0) is 58.7 Å². The molecule has 0 aliphatic carbocycles. The summed E-state index contributed by atoms with van der Waals surface area (Å²) in [6, 6.07) is 7.93. The number of nitrogens with one attached hydrogen (secondary N) is 1. The fourth-order valence-corrected chi connectivity index (χ4v) is 4.26. The lowest BCUT2D eigenvalue weighted by Crippen LogP contribution is -2.15. The largest absolute Gasteiger partial charge is 0.398 e. The van der Waals surface area contributed by atoms with E-state index in [1.807, 2.05) is 6.92 Å². The van der Waals surface area contributed by atoms with Crippen molar-refractivity contribution in [1.29, 1.82) is 0 Å². The first-order valence-electron chi connectivity index (χ1n) is 5.74. The number of hydrogen-bond donors (Lipinski definition) is 2. The molecule has 2 aromatic carbocycles. The van der Waals surface area contributed by atoms with Gasteiger partial charge in [0, 0.05) is 14.0 Å². The van der Waals surface area contributed by atoms with Gasteiger partial charge in [0.15, 0.2) is 0 Å². The summed E-state index contributed by atoms with van der Waals surface area (Å²) in [7, 11) is -3.81. The number of benzene rings is 2. The van der Waals surface area contributed by atoms with Gasteiger partial charge >= 0.3 is 0 Å². The quantitative estimate of drug-likeness (QED) is 0.668. The van der Waals surface area contributed by atoms with E-state index >= 15 is 0 Å². The minimum Gasteiger partial charge on any atom is -0.398 e. The van der Waals surface area contributed by atoms with Gasteiger partial charge in [0.05, 0.1) is 11.4 Å². The van der Waals surface area contributed by atoms with E-state index in [1.54, 1.807) is 18.2 Å². The molecule has 0 heterocycles. The molecule has 4 nitrogen and oxygen atoms in total. The third-order valence-electron chi connectivity index (χ3n) is 2.76. The van der Waals surface area contributed by atoms with Crippen molar-refractivity contribution in [2.75, 3.05) is 10.5 Å². The van der Waals surface area contributed by atoms with Crippen LogP contribution in [0.2, 0.25) is 5.02 Å². The topological polar surface area (TPSA) is 72.2 Å². The number of sulfonamides is 1. The molecule has 0 aromatic heterocycles. The average molecular weight is 455 g/mol. The fourth-order valence-electron chi connectivity index (χ4n) is 1.67. The predicted octanol–water partition coefficient (Wildman–Crippen LogP) is 4.56. The standard InChI is InChI=1S/C13H11Br2ClN2O2S/c1-7-4-9(15)12(6-10(7)16)18-21(19,20)13-5-8(14)2-3-11(13)17/h2-6,18H,17H2,1H3. The summed E-state index contributed by atoms with van der Waals surface area (Å²) < 4.78 is 28.6. The Labute approximate surface area is 145 Å². The maximum absolute atomic E-state index is 12.4. The third kappa shape index (κ3) is 3.71. The highest BCUT2D eigenvalue weighted by atomic mass is 79.9. The lowest BCUT2D eigenvalue weighted by molar-refractivity contribution is 0.601. The highest BCUT2D eigenvalue weighted by molar-refractivity contribution is 9.10. The summed E-state index contributed by atoms with van der Waals surface area (Å²) in [5.41, 5.74) is 7.10. The van der Waals surface area contributed by atoms with Gasteiger partial charge in [0.1, 0.15) is 4.90 Å². The van der Waals surface area contributed by atoms with Crippen LogP contribution < -0.4 is 10.5 Å². The minimum atomic E-state index is -3.81. The van der Waals surface area contributed by atoms with Crippen molar-refractivity contribution in [3.63, 3.8) is 0 Å². The van der Waals surface area contributed by atoms with E-state index in [0.717, 1.165) is 5.56 Å². The second kappa shape index (κ2) is 6.16. The van der Waals surface area contributed by atoms with Crippen molar-refractivity contribution >= 4 is 64.9 Å². The lowest BCUT2D eigenvalue weighted by atomic mass is 10.2. The smallest absolute Gasteiger partial charge is 0.264 e. The summed E-state index contributed by atoms with van der Waals surface area (Å²) in [6.45, 7) is 1.83. The maximum Gasteiger partial charge on any atom is 0.264 e. The maximum atomic E-state index is 12.4. The van der Waals surface area contributed by atoms with Crippen LogP contribution in [0.3, 0.4) is 0 Å². The number of rotatable bonds is 3. The first-order valence-corrected chi connectivity index (χ1v) is 9.19. The van der Waals surface area contributed by atoms with E-state index in [0.29, 0.717) is 19.7 Å². The van der Waals surface area contributed by atoms with Crippen molar-refractivity contribution < 1.29 is 8.42 Å². The Bertz CT molecular complexity index is 810. The van der Waals surface area contributed by atoms with Crippen LogP contribution in [0.1, 0.15) is 5.56 Å². The molecule has 2 rings (SSSR count). The van der Waals surface area contributed by atoms with Crippen LogP contribution in [0.25, 0.3) is 0 Å². The zero-order valence-corrected chi connectivity index (χ0v) is 15.6. The zero-order valence-electron chi connectivity index (χ0n) is 10.8. The van der Waals surface area contributed by atoms with Gasteiger partial charge in [-0.1, -0.05) is 27.5 Å². The molecule has 112 valence electrons. The third-order valence-corrected chi connectivity index (χ3v) is 5.74. The minimum absolute atomic E-state index is 0.000437. The second-order valence-electron chi connectivity index (χ2n) is 4.37. The Hall–Kier alpha value is -0.760. The van der Waals surface area contributed by atoms with Crippen LogP contribution in [-0.2, 0) is 10.0 Å². The molecule has 0 fully saturated rings. The Kier molecular flexibility index (Phi) is 4.87. The SMILES string of the molecule is Cc1cc(Br)c(NS(=O)(=O)c2cc(Br)ccc2N)cc1Cl. The first-order chi connectivity index (χ1) is 9.70. The Morgan fingerprint density at radius 3 is 2.52 bits per heavy atom. The van der Waals surface area contributed by atoms with E-state index in [1.165, 1.54) is 12.1 Å². The molecule has 2 aromatic rings. The van der Waals surface area contributed by atoms with E-state index in [9.17, 15) is 8.42 Å². The normalized spacial score (nSPS) is 11.4. The molecule has 0 radical (unpaired) electrons. The zero-order chi connectivity index (χ0) is 15.8. The van der Waals surface area contributed by atoms with Gasteiger partial charge in [-0.25, -0.2) is 8.42 Å². The summed E-state index contributed by atoms with van der Waals surface area (Å²) in [6.07, 6.45) is 0. The molecule has 0 saturated carbocycles. The molecular formula is C13H11Br2ClN2O2S. The Morgan fingerprint density at radius 1 is 1.19 bits per heavy atom. The number of nitrogen functional groups attached to an aromatic ring is 1. The highest BCUT2D eigenvalue weighted by Gasteiger charge is 2.19. The van der Waals surface area contributed by atoms with Crippen molar-refractivity contribution in [3.8, 4) is 0 Å². The molecule has 0 saturated heterocycles. The van der Waals surface area contributed by atoms with Gasteiger partial charge < -0.3 is 5.73 Å². The summed E-state index contributed by atoms with van der Waals surface area (Å²) >= 11 is 12.6. The molecular weight excluding hydrogens is 443 g/mol. The van der Waals surface area contributed by atoms with Gasteiger partial charge in [-0.3, -0.25) is 4.72 Å². The monoisotopic (exact) mass is 452 g/mol. The summed E-state index contributed by atoms with van der Waals surface area (Å²) in [5, 5.41) is 0.470. The lowest BCUT2D eigenvalue weighted by Gasteiger charge is -2.13. The summed E-state index contributed by atoms with van der Waals surface area (Å²) in [5.74, 6) is 0. The van der Waals surface area contributed by atoms with Gasteiger partial charge in [0.25, 0.3) is 10.0 Å². The first kappa shape index (κ1) is 16.6. The number of halogens is 3. The molecule has 0 aliphatic rings. The van der Waals surface area contributed by atoms with E-state index < -0.39 is 10.0 Å². The molecule has 0 atom stereocenters. The van der Waals surface area contributed by atoms with Crippen LogP contribution in [0.5, 0.6) is 0 Å². The number of anilines is 2. The van der Waals surface area contributed by atoms with Crippen molar-refractivity contribution in [2.24, 2.45) is 0 Å². The van der Waals surface area contributed by atoms with E-state index in [-0.39, 0.29) is 10.6 Å². The molecule has 8 heteroatoms. The van der Waals surface area contributed by atoms with Crippen LogP contribution in [0.15, 0.2) is 44.2 Å². The predicted molar refractivity (Wildman–Crippen MR) is 93.3 cm³/mol. The molecule has 3 N–H and O–H groups in total. The Morgan fingerprint density at radius 2 is 1.86 bits per heavy atom. The molecule has 21 heavy (non-hydrogen) atoms. The van der Waals surface area contributed by atoms with Crippen molar-refractivity contribution in [3.05, 3.63) is 49.9 Å². The molecule has 0 amide bonds. The van der Waals surface area contributed by atoms with E-state index in [4.69, 9.17) is 17.3 Å². The fraction of sp³-hybridized carbons (Fsp3) is 0.0769. The van der Waals surface area contributed by atoms with Crippen molar-refractivity contribution in [2.45, 2.75) is 11.8 Å². The highest BCUT2D eigenvalue weighted by Crippen LogP contribution is 2.32. The number of nitrogens with two attached hydrogens (primary N) is 1. The summed E-state index contributed by atoms with van der Waals surface area (Å²) in [4.78, 5) is 0.000437. The number of hydrogen-bond acceptors (Lipinski definition) is 3.